The Balaban J connectivity index is 1.72. The minimum atomic E-state index is -0.275. The fourth-order valence-electron chi connectivity index (χ4n) is 2.10. The Kier molecular flexibility index (Phi) is 7.11. The lowest BCUT2D eigenvalue weighted by atomic mass is 10.1. The van der Waals surface area contributed by atoms with Crippen molar-refractivity contribution in [3.05, 3.63) is 71.3 Å². The lowest BCUT2D eigenvalue weighted by molar-refractivity contribution is -0.126. The molecule has 0 spiro atoms. The molecule has 0 aliphatic heterocycles. The van der Waals surface area contributed by atoms with Crippen LogP contribution in [0.3, 0.4) is 0 Å². The summed E-state index contributed by atoms with van der Waals surface area (Å²) in [5.41, 5.74) is 1.51. The Morgan fingerprint density at radius 2 is 1.60 bits per heavy atom. The topological polar surface area (TPSA) is 63.2 Å². The third kappa shape index (κ3) is 7.14. The van der Waals surface area contributed by atoms with Crippen molar-refractivity contribution in [1.29, 1.82) is 0 Å². The molecule has 0 saturated carbocycles. The second-order valence-corrected chi connectivity index (χ2v) is 5.92. The molecule has 0 bridgehead atoms. The van der Waals surface area contributed by atoms with E-state index in [-0.39, 0.29) is 36.7 Å². The van der Waals surface area contributed by atoms with Crippen molar-refractivity contribution in [3.8, 4) is 0 Å². The van der Waals surface area contributed by atoms with Gasteiger partial charge in [-0.15, -0.1) is 0 Å². The monoisotopic (exact) mass is 355 g/mol. The molecular formula is C20H18ClNO3. The molecular weight excluding hydrogens is 338 g/mol. The molecule has 2 aromatic carbocycles. The van der Waals surface area contributed by atoms with Crippen LogP contribution in [0.4, 0.5) is 5.69 Å². The van der Waals surface area contributed by atoms with Crippen LogP contribution < -0.4 is 5.32 Å². The highest BCUT2D eigenvalue weighted by Crippen LogP contribution is 2.13. The van der Waals surface area contributed by atoms with Crippen molar-refractivity contribution in [2.24, 2.45) is 0 Å². The van der Waals surface area contributed by atoms with Gasteiger partial charge in [0.15, 0.2) is 5.78 Å². The Labute approximate surface area is 151 Å². The Morgan fingerprint density at radius 1 is 0.920 bits per heavy atom. The van der Waals surface area contributed by atoms with Gasteiger partial charge in [-0.2, -0.15) is 0 Å². The van der Waals surface area contributed by atoms with Gasteiger partial charge in [0.1, 0.15) is 5.78 Å². The minimum Gasteiger partial charge on any atom is -0.326 e. The number of Topliss-reactive ketones (excluding diaryl/α,β-unsaturated/α-hetero) is 1. The van der Waals surface area contributed by atoms with Gasteiger partial charge in [0.25, 0.3) is 0 Å². The van der Waals surface area contributed by atoms with Crippen LogP contribution in [0.1, 0.15) is 24.8 Å². The van der Waals surface area contributed by atoms with E-state index in [1.54, 1.807) is 30.3 Å². The minimum absolute atomic E-state index is 0.0321. The first-order valence-corrected chi connectivity index (χ1v) is 8.24. The maximum atomic E-state index is 11.8. The molecule has 0 aliphatic carbocycles. The lowest BCUT2D eigenvalue weighted by Gasteiger charge is -2.04. The number of ketones is 2. The first kappa shape index (κ1) is 18.6. The molecule has 25 heavy (non-hydrogen) atoms. The van der Waals surface area contributed by atoms with Crippen LogP contribution in [-0.4, -0.2) is 17.5 Å². The van der Waals surface area contributed by atoms with Crippen molar-refractivity contribution in [1.82, 2.24) is 0 Å². The summed E-state index contributed by atoms with van der Waals surface area (Å²) in [7, 11) is 0. The zero-order chi connectivity index (χ0) is 18.1. The summed E-state index contributed by atoms with van der Waals surface area (Å²) < 4.78 is 0. The number of hydrogen-bond acceptors (Lipinski definition) is 3. The van der Waals surface area contributed by atoms with Crippen molar-refractivity contribution in [2.45, 2.75) is 19.3 Å². The van der Waals surface area contributed by atoms with Crippen LogP contribution in [0.2, 0.25) is 5.02 Å². The van der Waals surface area contributed by atoms with Crippen molar-refractivity contribution < 1.29 is 14.4 Å². The van der Waals surface area contributed by atoms with Gasteiger partial charge in [-0.1, -0.05) is 48.0 Å². The molecule has 0 radical (unpaired) electrons. The molecule has 4 nitrogen and oxygen atoms in total. The number of amides is 1. The number of benzene rings is 2. The van der Waals surface area contributed by atoms with E-state index in [1.165, 1.54) is 6.08 Å². The van der Waals surface area contributed by atoms with Crippen molar-refractivity contribution >= 4 is 40.8 Å². The van der Waals surface area contributed by atoms with Gasteiger partial charge in [-0.25, -0.2) is 0 Å². The van der Waals surface area contributed by atoms with E-state index in [0.717, 1.165) is 5.56 Å². The first-order valence-electron chi connectivity index (χ1n) is 7.86. The van der Waals surface area contributed by atoms with E-state index in [1.807, 2.05) is 30.3 Å². The molecule has 0 heterocycles. The SMILES string of the molecule is O=C(/C=C/c1ccccc1)CC(=O)CCC(=O)Nc1ccc(Cl)cc1. The molecule has 0 aliphatic rings. The van der Waals surface area contributed by atoms with Gasteiger partial charge in [0.2, 0.25) is 5.91 Å². The average molecular weight is 356 g/mol. The highest BCUT2D eigenvalue weighted by Gasteiger charge is 2.10. The molecule has 0 saturated heterocycles. The van der Waals surface area contributed by atoms with Crippen LogP contribution in [0.5, 0.6) is 0 Å². The zero-order valence-corrected chi connectivity index (χ0v) is 14.3. The second-order valence-electron chi connectivity index (χ2n) is 5.48. The number of carbonyl (C=O) groups excluding carboxylic acids is 3. The number of carbonyl (C=O) groups is 3. The second kappa shape index (κ2) is 9.55. The fourth-order valence-corrected chi connectivity index (χ4v) is 2.23. The number of hydrogen-bond donors (Lipinski definition) is 1. The molecule has 2 aromatic rings. The molecule has 0 atom stereocenters. The normalized spacial score (nSPS) is 10.6. The Morgan fingerprint density at radius 3 is 2.28 bits per heavy atom. The van der Waals surface area contributed by atoms with Crippen molar-refractivity contribution in [2.75, 3.05) is 5.32 Å². The van der Waals surface area contributed by atoms with Crippen LogP contribution >= 0.6 is 11.6 Å². The van der Waals surface area contributed by atoms with Gasteiger partial charge in [-0.05, 0) is 35.9 Å². The van der Waals surface area contributed by atoms with Crippen LogP contribution in [0, 0.1) is 0 Å². The largest absolute Gasteiger partial charge is 0.326 e. The highest BCUT2D eigenvalue weighted by atomic mass is 35.5. The molecule has 0 fully saturated rings. The maximum Gasteiger partial charge on any atom is 0.224 e. The third-order valence-electron chi connectivity index (χ3n) is 3.39. The van der Waals surface area contributed by atoms with Crippen LogP contribution in [0.15, 0.2) is 60.7 Å². The Hall–Kier alpha value is -2.72. The number of rotatable bonds is 8. The smallest absolute Gasteiger partial charge is 0.224 e. The molecule has 2 rings (SSSR count). The Bertz CT molecular complexity index is 767. The van der Waals surface area contributed by atoms with E-state index in [9.17, 15) is 14.4 Å². The third-order valence-corrected chi connectivity index (χ3v) is 3.64. The summed E-state index contributed by atoms with van der Waals surface area (Å²) in [6.45, 7) is 0. The summed E-state index contributed by atoms with van der Waals surface area (Å²) >= 11 is 5.77. The molecule has 0 aromatic heterocycles. The number of allylic oxidation sites excluding steroid dienone is 1. The summed E-state index contributed by atoms with van der Waals surface area (Å²) in [5.74, 6) is -0.802. The van der Waals surface area contributed by atoms with Gasteiger partial charge < -0.3 is 5.32 Å². The van der Waals surface area contributed by atoms with Gasteiger partial charge in [0, 0.05) is 23.6 Å². The van der Waals surface area contributed by atoms with E-state index in [0.29, 0.717) is 10.7 Å². The number of anilines is 1. The summed E-state index contributed by atoms with van der Waals surface area (Å²) in [5, 5.41) is 3.25. The van der Waals surface area contributed by atoms with Crippen molar-refractivity contribution in [3.63, 3.8) is 0 Å². The molecule has 0 unspecified atom stereocenters. The lowest BCUT2D eigenvalue weighted by Crippen LogP contribution is -2.14. The molecule has 128 valence electrons. The quantitative estimate of drug-likeness (QED) is 0.567. The maximum absolute atomic E-state index is 11.8. The van der Waals surface area contributed by atoms with E-state index < -0.39 is 0 Å². The summed E-state index contributed by atoms with van der Waals surface area (Å²) in [4.78, 5) is 35.4. The summed E-state index contributed by atoms with van der Waals surface area (Å²) in [6.07, 6.45) is 2.93. The molecule has 1 N–H and O–H groups in total. The van der Waals surface area contributed by atoms with Gasteiger partial charge in [-0.3, -0.25) is 14.4 Å². The summed E-state index contributed by atoms with van der Waals surface area (Å²) in [6, 6.07) is 16.1. The highest BCUT2D eigenvalue weighted by molar-refractivity contribution is 6.30. The fraction of sp³-hybridized carbons (Fsp3) is 0.150. The standard InChI is InChI=1S/C20H18ClNO3/c21-16-7-9-17(10-8-16)22-20(25)13-12-19(24)14-18(23)11-6-15-4-2-1-3-5-15/h1-11H,12-14H2,(H,22,25)/b11-6+. The first-order chi connectivity index (χ1) is 12.0. The van der Waals surface area contributed by atoms with E-state index >= 15 is 0 Å². The number of halogens is 1. The number of nitrogens with one attached hydrogen (secondary N) is 1. The van der Waals surface area contributed by atoms with E-state index in [4.69, 9.17) is 11.6 Å². The van der Waals surface area contributed by atoms with Gasteiger partial charge in [0.05, 0.1) is 6.42 Å². The zero-order valence-electron chi connectivity index (χ0n) is 13.6. The van der Waals surface area contributed by atoms with Crippen LogP contribution in [-0.2, 0) is 14.4 Å². The predicted molar refractivity (Wildman–Crippen MR) is 99.4 cm³/mol. The molecule has 5 heteroatoms. The van der Waals surface area contributed by atoms with E-state index in [2.05, 4.69) is 5.32 Å². The molecule has 1 amide bonds. The van der Waals surface area contributed by atoms with Gasteiger partial charge >= 0.3 is 0 Å². The van der Waals surface area contributed by atoms with Crippen LogP contribution in [0.25, 0.3) is 6.08 Å². The predicted octanol–water partition coefficient (Wildman–Crippen LogP) is 4.30. The average Bonchev–Trinajstić information content (AvgIpc) is 2.61.